The molecule has 1 aliphatic rings. The Labute approximate surface area is 353 Å². The van der Waals surface area contributed by atoms with Crippen molar-refractivity contribution in [3.05, 3.63) is 101 Å². The predicted octanol–water partition coefficient (Wildman–Crippen LogP) is 15.3. The molecule has 5 nitrogen and oxygen atoms in total. The summed E-state index contributed by atoms with van der Waals surface area (Å²) in [5.41, 5.74) is 7.69. The van der Waals surface area contributed by atoms with Crippen LogP contribution in [0.15, 0.2) is 70.6 Å². The topological polar surface area (TPSA) is 74.4 Å². The monoisotopic (exact) mass is 995 g/mol. The number of nitrogens with zero attached hydrogens (tertiary/aromatic N) is 2. The molecule has 1 heterocycles. The van der Waals surface area contributed by atoms with Gasteiger partial charge in [-0.05, 0) is 63.4 Å². The van der Waals surface area contributed by atoms with E-state index < -0.39 is 36.3 Å². The van der Waals surface area contributed by atoms with E-state index in [1.807, 2.05) is 30.9 Å². The summed E-state index contributed by atoms with van der Waals surface area (Å²) in [5.74, 6) is 1.29. The van der Waals surface area contributed by atoms with Crippen LogP contribution in [0, 0.1) is 6.61 Å². The van der Waals surface area contributed by atoms with Crippen molar-refractivity contribution in [3.8, 4) is 11.5 Å². The van der Waals surface area contributed by atoms with Gasteiger partial charge in [-0.3, -0.25) is 9.98 Å². The van der Waals surface area contributed by atoms with Gasteiger partial charge in [-0.25, -0.2) is 6.61 Å². The van der Waals surface area contributed by atoms with Gasteiger partial charge >= 0.3 is 87.4 Å². The Hall–Kier alpha value is -0.454. The van der Waals surface area contributed by atoms with Crippen LogP contribution in [0.4, 0.5) is 11.4 Å². The molecular formula is C40H49Cl6N2O3Zr2-. The zero-order valence-electron chi connectivity index (χ0n) is 31.4. The molecule has 0 amide bonds. The van der Waals surface area contributed by atoms with Crippen LogP contribution in [0.25, 0.3) is 10.8 Å². The summed E-state index contributed by atoms with van der Waals surface area (Å²) in [6, 6.07) is 20.1. The number of hydrogen-bond acceptors (Lipinski definition) is 5. The summed E-state index contributed by atoms with van der Waals surface area (Å²) in [4.78, 5) is 9.75. The Balaban J connectivity index is 0.000000636. The van der Waals surface area contributed by atoms with Crippen molar-refractivity contribution in [2.75, 3.05) is 6.61 Å². The number of phenolic OH excluding ortho intramolecular Hbond substituents is 2. The van der Waals surface area contributed by atoms with Gasteiger partial charge in [-0.15, -0.1) is 0 Å². The Morgan fingerprint density at radius 3 is 1.19 bits per heavy atom. The number of fused-ring (bicyclic) bond motifs is 1. The molecule has 0 spiro atoms. The molecular weight excluding hydrogens is 952 g/mol. The second-order valence-corrected chi connectivity index (χ2v) is 35.8. The van der Waals surface area contributed by atoms with Gasteiger partial charge in [0.25, 0.3) is 0 Å². The normalized spacial score (nSPS) is 12.6. The maximum atomic E-state index is 11.3. The third-order valence-corrected chi connectivity index (χ3v) is 8.25. The quantitative estimate of drug-likeness (QED) is 0.136. The standard InChI is InChI=1S/C36H42N2O2.C4H7O.6ClH.2Zr/c1-21(2)28-11-9-12-29(22(3)4)33(28)37-19-26-17-15-25-16-18-27(36(40)32(25)35(26)39)20-38-34-30(23(5)6)13-10-14-31(34)24(7)8;1-2-4-5-3-1;;;;;;;;/h9-24,39-40H,1-8H3;3H,1-2,4H2;6*1H;;/q;-1;;;;;;;2*+3/p-6. The van der Waals surface area contributed by atoms with Crippen LogP contribution < -0.4 is 0 Å². The van der Waals surface area contributed by atoms with E-state index in [4.69, 9.17) is 65.8 Å². The fourth-order valence-electron chi connectivity index (χ4n) is 5.63. The summed E-state index contributed by atoms with van der Waals surface area (Å²) in [6.07, 6.45) is 5.78. The average Bonchev–Trinajstić information content (AvgIpc) is 3.67. The summed E-state index contributed by atoms with van der Waals surface area (Å²) in [5, 5.41) is 23.8. The van der Waals surface area contributed by atoms with E-state index in [2.05, 4.69) is 91.8 Å². The molecule has 0 radical (unpaired) electrons. The van der Waals surface area contributed by atoms with Crippen LogP contribution in [0.2, 0.25) is 0 Å². The van der Waals surface area contributed by atoms with Gasteiger partial charge in [0.05, 0.1) is 16.8 Å². The first-order chi connectivity index (χ1) is 25.0. The molecule has 0 aliphatic carbocycles. The fraction of sp³-hybridized carbons (Fsp3) is 0.375. The SMILES string of the molecule is CC(C)c1cccc(C(C)C)c1N=Cc1ccc2ccc(C=Nc3c(C(C)C)cccc3C(C)C)c(O)c2c1O.[CH-]1CCCO1.[Cl][Zr]([Cl])[Cl].[Cl][Zr]([Cl])[Cl]. The number of hydrogen-bond donors (Lipinski definition) is 2. The fourth-order valence-corrected chi connectivity index (χ4v) is 5.63. The first-order valence-corrected chi connectivity index (χ1v) is 36.4. The van der Waals surface area contributed by atoms with Crippen LogP contribution in [-0.4, -0.2) is 29.2 Å². The molecule has 0 saturated carbocycles. The van der Waals surface area contributed by atoms with Crippen LogP contribution in [0.3, 0.4) is 0 Å². The van der Waals surface area contributed by atoms with E-state index in [0.29, 0.717) is 40.2 Å². The summed E-state index contributed by atoms with van der Waals surface area (Å²) in [6.45, 7) is 20.1. The molecule has 1 fully saturated rings. The number of ether oxygens (including phenoxy) is 1. The maximum absolute atomic E-state index is 11.3. The van der Waals surface area contributed by atoms with Crippen LogP contribution in [0.5, 0.6) is 11.5 Å². The molecule has 1 aliphatic heterocycles. The molecule has 1 saturated heterocycles. The predicted molar refractivity (Wildman–Crippen MR) is 226 cm³/mol. The summed E-state index contributed by atoms with van der Waals surface area (Å²) < 4.78 is 4.82. The third-order valence-electron chi connectivity index (χ3n) is 8.25. The molecule has 53 heavy (non-hydrogen) atoms. The second-order valence-electron chi connectivity index (χ2n) is 13.4. The number of rotatable bonds is 8. The first kappa shape index (κ1) is 48.7. The Bertz CT molecular complexity index is 1610. The van der Waals surface area contributed by atoms with E-state index in [1.54, 1.807) is 12.4 Å². The third kappa shape index (κ3) is 16.1. The molecule has 2 N–H and O–H groups in total. The van der Waals surface area contributed by atoms with Gasteiger partial charge in [-0.2, -0.15) is 6.42 Å². The van der Waals surface area contributed by atoms with Crippen LogP contribution in [0.1, 0.15) is 125 Å². The van der Waals surface area contributed by atoms with Crippen molar-refractivity contribution in [2.24, 2.45) is 9.98 Å². The molecule has 4 aromatic rings. The molecule has 13 heteroatoms. The van der Waals surface area contributed by atoms with Crippen molar-refractivity contribution >= 4 is 85.7 Å². The van der Waals surface area contributed by atoms with Crippen molar-refractivity contribution in [1.29, 1.82) is 0 Å². The number of halogens is 6. The van der Waals surface area contributed by atoms with Gasteiger partial charge in [0, 0.05) is 30.2 Å². The average molecular weight is 1000 g/mol. The minimum atomic E-state index is -2.13. The Kier molecular flexibility index (Phi) is 23.0. The number of phenols is 2. The minimum absolute atomic E-state index is 0.00701. The van der Waals surface area contributed by atoms with E-state index in [-0.39, 0.29) is 11.5 Å². The zero-order valence-corrected chi connectivity index (χ0v) is 40.9. The Morgan fingerprint density at radius 2 is 0.943 bits per heavy atom. The van der Waals surface area contributed by atoms with Gasteiger partial charge in [0.1, 0.15) is 11.5 Å². The summed E-state index contributed by atoms with van der Waals surface area (Å²) >= 11 is -4.25. The number of aromatic hydroxyl groups is 2. The van der Waals surface area contributed by atoms with E-state index in [1.165, 1.54) is 28.7 Å². The molecule has 0 bridgehead atoms. The van der Waals surface area contributed by atoms with E-state index in [9.17, 15) is 10.2 Å². The Morgan fingerprint density at radius 1 is 0.604 bits per heavy atom. The van der Waals surface area contributed by atoms with Crippen LogP contribution >= 0.6 is 51.1 Å². The second kappa shape index (κ2) is 25.0. The van der Waals surface area contributed by atoms with Crippen LogP contribution in [-0.2, 0) is 41.1 Å². The zero-order chi connectivity index (χ0) is 39.8. The number of aliphatic imine (C=N–C) groups is 2. The number of benzene rings is 4. The van der Waals surface area contributed by atoms with Crippen molar-refractivity contribution < 1.29 is 51.3 Å². The number of para-hydroxylation sites is 2. The van der Waals surface area contributed by atoms with E-state index >= 15 is 0 Å². The van der Waals surface area contributed by atoms with Crippen molar-refractivity contribution in [2.45, 2.75) is 91.9 Å². The van der Waals surface area contributed by atoms with Crippen molar-refractivity contribution in [3.63, 3.8) is 0 Å². The summed E-state index contributed by atoms with van der Waals surface area (Å²) in [7, 11) is 30.0. The molecule has 0 atom stereocenters. The molecule has 288 valence electrons. The molecule has 5 rings (SSSR count). The molecule has 0 aromatic heterocycles. The van der Waals surface area contributed by atoms with Gasteiger partial charge in [0.2, 0.25) is 0 Å². The van der Waals surface area contributed by atoms with E-state index in [0.717, 1.165) is 29.8 Å². The van der Waals surface area contributed by atoms with Gasteiger partial charge in [-0.1, -0.05) is 110 Å². The first-order valence-electron chi connectivity index (χ1n) is 17.4. The molecule has 4 aromatic carbocycles. The van der Waals surface area contributed by atoms with Gasteiger partial charge in [0.15, 0.2) is 0 Å². The molecule has 0 unspecified atom stereocenters. The van der Waals surface area contributed by atoms with Gasteiger partial charge < -0.3 is 14.9 Å². The van der Waals surface area contributed by atoms with Crippen molar-refractivity contribution in [1.82, 2.24) is 0 Å².